The van der Waals surface area contributed by atoms with E-state index in [9.17, 15) is 0 Å². The topological polar surface area (TPSA) is 7.65 Å². The van der Waals surface area contributed by atoms with E-state index in [-0.39, 0.29) is 5.41 Å². The molecule has 65 heavy (non-hydrogen) atoms. The molecule has 0 aliphatic heterocycles. The summed E-state index contributed by atoms with van der Waals surface area (Å²) in [4.78, 5) is 2.55. The van der Waals surface area contributed by atoms with Crippen LogP contribution in [0.1, 0.15) is 82.2 Å². The molecule has 0 atom stereocenters. The van der Waals surface area contributed by atoms with Crippen LogP contribution in [-0.2, 0) is 5.41 Å². The minimum Gasteiger partial charge on any atom is -0.314 e. The van der Waals surface area contributed by atoms with E-state index in [0.29, 0.717) is 0 Å². The van der Waals surface area contributed by atoms with E-state index < -0.39 is 0 Å². The van der Waals surface area contributed by atoms with Gasteiger partial charge in [-0.05, 0) is 136 Å². The van der Waals surface area contributed by atoms with Crippen LogP contribution in [0.2, 0.25) is 0 Å². The molecule has 0 radical (unpaired) electrons. The third-order valence-electron chi connectivity index (χ3n) is 14.0. The van der Waals surface area contributed by atoms with E-state index >= 15 is 0 Å². The number of allylic oxidation sites excluding steroid dienone is 4. The Kier molecular flexibility index (Phi) is 10.8. The van der Waals surface area contributed by atoms with Gasteiger partial charge < -0.3 is 9.30 Å². The Balaban J connectivity index is 0.00000121. The number of rotatable bonds is 6. The van der Waals surface area contributed by atoms with E-state index in [1.807, 2.05) is 27.7 Å². The standard InChI is InChI=1S/C59H46N2.2C2H6/c1-37-14-5-6-15-44(37)46-20-13-19-45(38(46)2)40-26-31-43(32-27-40)60(56-35-33-49-48-17-8-11-22-54(48)61-55-23-12-9-18-50(55)57(56)58(49)61)42-29-24-39(25-30-42)41-28-34-53-51(36-41)47-16-7-10-21-52(47)59(53,3)4;2*1-2/h5-26,28-31,33-36H,27,32H2,1-4H3;2*1-2H3. The summed E-state index contributed by atoms with van der Waals surface area (Å²) in [5.74, 6) is 0. The lowest BCUT2D eigenvalue weighted by Crippen LogP contribution is -2.18. The molecule has 0 saturated heterocycles. The van der Waals surface area contributed by atoms with Gasteiger partial charge in [0.1, 0.15) is 0 Å². The Morgan fingerprint density at radius 2 is 1.09 bits per heavy atom. The molecule has 0 bridgehead atoms. The van der Waals surface area contributed by atoms with Gasteiger partial charge in [0.15, 0.2) is 0 Å². The molecule has 0 unspecified atom stereocenters. The Morgan fingerprint density at radius 3 is 1.83 bits per heavy atom. The average Bonchev–Trinajstić information content (AvgIpc) is 3.97. The number of aryl methyl sites for hydroxylation is 1. The van der Waals surface area contributed by atoms with E-state index in [0.717, 1.165) is 12.8 Å². The zero-order valence-electron chi connectivity index (χ0n) is 39.1. The summed E-state index contributed by atoms with van der Waals surface area (Å²) in [6.45, 7) is 17.2. The van der Waals surface area contributed by atoms with Gasteiger partial charge in [-0.3, -0.25) is 0 Å². The lowest BCUT2D eigenvalue weighted by Gasteiger charge is -2.31. The van der Waals surface area contributed by atoms with Crippen LogP contribution in [0.5, 0.6) is 0 Å². The van der Waals surface area contributed by atoms with Gasteiger partial charge in [-0.15, -0.1) is 0 Å². The van der Waals surface area contributed by atoms with Crippen LogP contribution < -0.4 is 4.90 Å². The lowest BCUT2D eigenvalue weighted by molar-refractivity contribution is 0.660. The molecule has 2 aliphatic carbocycles. The molecular weight excluding hydrogens is 785 g/mol. The van der Waals surface area contributed by atoms with Gasteiger partial charge in [-0.25, -0.2) is 0 Å². The maximum atomic E-state index is 2.55. The van der Waals surface area contributed by atoms with Crippen molar-refractivity contribution in [2.75, 3.05) is 4.90 Å². The van der Waals surface area contributed by atoms with Crippen molar-refractivity contribution in [3.05, 3.63) is 216 Å². The predicted octanol–water partition coefficient (Wildman–Crippen LogP) is 18.0. The van der Waals surface area contributed by atoms with Crippen molar-refractivity contribution in [3.8, 4) is 33.4 Å². The van der Waals surface area contributed by atoms with Crippen LogP contribution in [0.3, 0.4) is 0 Å². The molecule has 320 valence electrons. The normalized spacial score (nSPS) is 13.7. The van der Waals surface area contributed by atoms with Crippen LogP contribution in [0.15, 0.2) is 188 Å². The molecule has 2 aliphatic rings. The van der Waals surface area contributed by atoms with Gasteiger partial charge in [0.2, 0.25) is 0 Å². The third-order valence-corrected chi connectivity index (χ3v) is 14.0. The minimum absolute atomic E-state index is 0.00783. The number of fused-ring (bicyclic) bond motifs is 9. The molecule has 0 saturated carbocycles. The Morgan fingerprint density at radius 1 is 0.477 bits per heavy atom. The van der Waals surface area contributed by atoms with Gasteiger partial charge in [0.25, 0.3) is 0 Å². The van der Waals surface area contributed by atoms with Crippen molar-refractivity contribution in [3.63, 3.8) is 0 Å². The number of benzene rings is 8. The monoisotopic (exact) mass is 842 g/mol. The van der Waals surface area contributed by atoms with Gasteiger partial charge >= 0.3 is 0 Å². The Labute approximate surface area is 385 Å². The first-order valence-corrected chi connectivity index (χ1v) is 23.7. The molecule has 0 spiro atoms. The van der Waals surface area contributed by atoms with E-state index in [1.54, 1.807) is 0 Å². The highest BCUT2D eigenvalue weighted by Gasteiger charge is 2.35. The van der Waals surface area contributed by atoms with Gasteiger partial charge in [0.05, 0.1) is 22.2 Å². The van der Waals surface area contributed by atoms with Crippen LogP contribution in [0.4, 0.5) is 11.4 Å². The zero-order chi connectivity index (χ0) is 45.0. The molecular formula is C63H58N2. The summed E-state index contributed by atoms with van der Waals surface area (Å²) < 4.78 is 2.49. The molecule has 12 rings (SSSR count). The van der Waals surface area contributed by atoms with Crippen molar-refractivity contribution >= 4 is 55.0 Å². The maximum Gasteiger partial charge on any atom is 0.0641 e. The highest BCUT2D eigenvalue weighted by Crippen LogP contribution is 2.51. The molecule has 0 N–H and O–H groups in total. The van der Waals surface area contributed by atoms with E-state index in [2.05, 4.69) is 219 Å². The minimum atomic E-state index is -0.00783. The highest BCUT2D eigenvalue weighted by atomic mass is 15.2. The zero-order valence-corrected chi connectivity index (χ0v) is 39.1. The maximum absolute atomic E-state index is 2.55. The molecule has 2 heterocycles. The quantitative estimate of drug-likeness (QED) is 0.162. The second-order valence-corrected chi connectivity index (χ2v) is 17.7. The molecule has 2 heteroatoms. The van der Waals surface area contributed by atoms with Crippen LogP contribution in [0.25, 0.3) is 77.0 Å². The van der Waals surface area contributed by atoms with Crippen LogP contribution >= 0.6 is 0 Å². The first-order valence-electron chi connectivity index (χ1n) is 23.7. The molecule has 10 aromatic rings. The summed E-state index contributed by atoms with van der Waals surface area (Å²) in [5.41, 5.74) is 23.4. The van der Waals surface area contributed by atoms with E-state index in [4.69, 9.17) is 0 Å². The van der Waals surface area contributed by atoms with Crippen molar-refractivity contribution in [2.24, 2.45) is 0 Å². The first-order chi connectivity index (χ1) is 31.9. The molecule has 8 aromatic carbocycles. The Hall–Kier alpha value is -7.16. The number of anilines is 2. The fraction of sp³-hybridized carbons (Fsp3) is 0.175. The summed E-state index contributed by atoms with van der Waals surface area (Å²) >= 11 is 0. The highest BCUT2D eigenvalue weighted by molar-refractivity contribution is 6.27. The fourth-order valence-electron chi connectivity index (χ4n) is 11.0. The number of hydrogen-bond acceptors (Lipinski definition) is 1. The largest absolute Gasteiger partial charge is 0.314 e. The van der Waals surface area contributed by atoms with Gasteiger partial charge in [-0.1, -0.05) is 181 Å². The summed E-state index contributed by atoms with van der Waals surface area (Å²) in [5, 5.41) is 5.17. The van der Waals surface area contributed by atoms with E-state index in [1.165, 1.54) is 122 Å². The SMILES string of the molecule is CC.CC.Cc1ccccc1-c1cccc(C2=CC=C(N(c3ccc(-c4ccc5c(c4)-c4ccccc4C5(C)C)cc3)c3ccc4c5ccccc5n5c6ccccc6c3c45)CC2)c1C. The number of para-hydroxylation sites is 2. The second kappa shape index (κ2) is 16.8. The third kappa shape index (κ3) is 6.61. The van der Waals surface area contributed by atoms with Crippen molar-refractivity contribution in [1.82, 2.24) is 4.40 Å². The van der Waals surface area contributed by atoms with Crippen molar-refractivity contribution < 1.29 is 0 Å². The lowest BCUT2D eigenvalue weighted by atomic mass is 9.82. The number of hydrogen-bond donors (Lipinski definition) is 0. The van der Waals surface area contributed by atoms with Crippen molar-refractivity contribution in [1.29, 1.82) is 0 Å². The summed E-state index contributed by atoms with van der Waals surface area (Å²) in [6, 6.07) is 63.4. The second-order valence-electron chi connectivity index (χ2n) is 17.7. The predicted molar refractivity (Wildman–Crippen MR) is 282 cm³/mol. The molecule has 0 amide bonds. The Bertz CT molecular complexity index is 3460. The van der Waals surface area contributed by atoms with Crippen molar-refractivity contribution in [2.45, 2.75) is 73.6 Å². The summed E-state index contributed by atoms with van der Waals surface area (Å²) in [6.07, 6.45) is 6.65. The summed E-state index contributed by atoms with van der Waals surface area (Å²) in [7, 11) is 0. The van der Waals surface area contributed by atoms with Crippen LogP contribution in [0, 0.1) is 13.8 Å². The fourth-order valence-corrected chi connectivity index (χ4v) is 11.0. The van der Waals surface area contributed by atoms with Gasteiger partial charge in [0, 0.05) is 38.3 Å². The first kappa shape index (κ1) is 41.8. The molecule has 2 nitrogen and oxygen atoms in total. The molecule has 2 aromatic heterocycles. The van der Waals surface area contributed by atoms with Crippen LogP contribution in [-0.4, -0.2) is 4.40 Å². The number of nitrogens with zero attached hydrogens (tertiary/aromatic N) is 2. The van der Waals surface area contributed by atoms with Gasteiger partial charge in [-0.2, -0.15) is 0 Å². The smallest absolute Gasteiger partial charge is 0.0641 e. The number of aromatic nitrogens is 1. The molecule has 0 fully saturated rings. The average molecular weight is 843 g/mol.